The Balaban J connectivity index is 1.73. The molecule has 0 spiro atoms. The molecule has 0 bridgehead atoms. The van der Waals surface area contributed by atoms with Crippen LogP contribution in [0, 0.1) is 0 Å². The molecule has 1 aliphatic heterocycles. The molecule has 136 valence electrons. The molecule has 7 nitrogen and oxygen atoms in total. The first-order valence-corrected chi connectivity index (χ1v) is 10.8. The highest BCUT2D eigenvalue weighted by molar-refractivity contribution is 8.15. The van der Waals surface area contributed by atoms with Crippen LogP contribution in [-0.2, 0) is 4.79 Å². The van der Waals surface area contributed by atoms with E-state index in [4.69, 9.17) is 4.98 Å². The van der Waals surface area contributed by atoms with Gasteiger partial charge in [-0.2, -0.15) is 5.10 Å². The molecule has 2 aromatic heterocycles. The van der Waals surface area contributed by atoms with Gasteiger partial charge in [-0.05, 0) is 0 Å². The highest BCUT2D eigenvalue weighted by Gasteiger charge is 2.18. The first-order valence-electron chi connectivity index (χ1n) is 7.97. The van der Waals surface area contributed by atoms with E-state index in [1.807, 2.05) is 36.4 Å². The van der Waals surface area contributed by atoms with E-state index in [-0.39, 0.29) is 5.91 Å². The molecule has 1 saturated heterocycles. The molecule has 10 heteroatoms. The number of thioether (sulfide) groups is 2. The van der Waals surface area contributed by atoms with Gasteiger partial charge in [-0.3, -0.25) is 4.79 Å². The Labute approximate surface area is 167 Å². The second kappa shape index (κ2) is 8.07. The Morgan fingerprint density at radius 2 is 2.22 bits per heavy atom. The Bertz CT molecular complexity index is 1050. The average molecular weight is 415 g/mol. The van der Waals surface area contributed by atoms with Crippen LogP contribution in [0.15, 0.2) is 57.5 Å². The van der Waals surface area contributed by atoms with Gasteiger partial charge in [-0.1, -0.05) is 71.3 Å². The number of rotatable bonds is 6. The fraction of sp³-hybridized carbons (Fsp3) is 0.118. The van der Waals surface area contributed by atoms with Gasteiger partial charge in [0.1, 0.15) is 11.4 Å². The van der Waals surface area contributed by atoms with Crippen molar-refractivity contribution >= 4 is 57.1 Å². The van der Waals surface area contributed by atoms with Gasteiger partial charge in [0.15, 0.2) is 9.51 Å². The quantitative estimate of drug-likeness (QED) is 0.290. The molecule has 0 atom stereocenters. The van der Waals surface area contributed by atoms with Crippen molar-refractivity contribution in [1.29, 1.82) is 0 Å². The number of hydrogen-bond donors (Lipinski definition) is 1. The highest BCUT2D eigenvalue weighted by Crippen LogP contribution is 2.30. The van der Waals surface area contributed by atoms with Crippen molar-refractivity contribution in [3.8, 4) is 11.3 Å². The zero-order valence-electron chi connectivity index (χ0n) is 14.0. The van der Waals surface area contributed by atoms with Crippen LogP contribution in [0.4, 0.5) is 0 Å². The van der Waals surface area contributed by atoms with Gasteiger partial charge in [0, 0.05) is 11.3 Å². The van der Waals surface area contributed by atoms with E-state index in [2.05, 4.69) is 27.2 Å². The van der Waals surface area contributed by atoms with Crippen LogP contribution >= 0.6 is 34.9 Å². The van der Waals surface area contributed by atoms with Crippen molar-refractivity contribution in [2.45, 2.75) is 4.34 Å². The first kappa shape index (κ1) is 18.0. The molecule has 0 unspecified atom stereocenters. The number of imidazole rings is 1. The van der Waals surface area contributed by atoms with E-state index >= 15 is 0 Å². The number of hydrogen-bond acceptors (Lipinski definition) is 8. The maximum atomic E-state index is 11.3. The second-order valence-electron chi connectivity index (χ2n) is 5.36. The molecule has 0 aliphatic carbocycles. The Morgan fingerprint density at radius 1 is 1.37 bits per heavy atom. The number of carbonyl (C=O) groups is 1. The summed E-state index contributed by atoms with van der Waals surface area (Å²) in [6, 6.07) is 9.89. The molecule has 3 heterocycles. The maximum Gasteiger partial charge on any atom is 0.236 e. The van der Waals surface area contributed by atoms with Crippen molar-refractivity contribution in [2.24, 2.45) is 10.2 Å². The molecular weight excluding hydrogens is 400 g/mol. The van der Waals surface area contributed by atoms with Crippen molar-refractivity contribution in [3.63, 3.8) is 0 Å². The van der Waals surface area contributed by atoms with Crippen LogP contribution in [-0.4, -0.2) is 43.4 Å². The van der Waals surface area contributed by atoms with E-state index < -0.39 is 0 Å². The van der Waals surface area contributed by atoms with Crippen LogP contribution in [0.25, 0.3) is 16.2 Å². The third-order valence-corrected chi connectivity index (χ3v) is 6.41. The highest BCUT2D eigenvalue weighted by atomic mass is 32.2. The second-order valence-corrected chi connectivity index (χ2v) is 8.55. The van der Waals surface area contributed by atoms with E-state index in [0.29, 0.717) is 10.9 Å². The summed E-state index contributed by atoms with van der Waals surface area (Å²) < 4.78 is 2.69. The summed E-state index contributed by atoms with van der Waals surface area (Å²) in [6.45, 7) is 3.74. The number of nitrogens with one attached hydrogen (secondary N) is 1. The smallest absolute Gasteiger partial charge is 0.236 e. The van der Waals surface area contributed by atoms with Gasteiger partial charge in [0.05, 0.1) is 12.0 Å². The largest absolute Gasteiger partial charge is 0.303 e. The lowest BCUT2D eigenvalue weighted by Gasteiger charge is -1.98. The Hall–Kier alpha value is -2.43. The number of fused-ring (bicyclic) bond motifs is 1. The number of nitrogens with zero attached hydrogens (tertiary/aromatic N) is 5. The lowest BCUT2D eigenvalue weighted by atomic mass is 10.1. The summed E-state index contributed by atoms with van der Waals surface area (Å²) >= 11 is 4.47. The van der Waals surface area contributed by atoms with Gasteiger partial charge < -0.3 is 5.32 Å². The van der Waals surface area contributed by atoms with Gasteiger partial charge in [-0.25, -0.2) is 9.50 Å². The number of amides is 1. The summed E-state index contributed by atoms with van der Waals surface area (Å²) in [5.74, 6) is 1.10. The number of benzene rings is 1. The van der Waals surface area contributed by atoms with Crippen LogP contribution in [0.2, 0.25) is 0 Å². The van der Waals surface area contributed by atoms with Crippen LogP contribution in [0.5, 0.6) is 0 Å². The average Bonchev–Trinajstić information content (AvgIpc) is 3.36. The maximum absolute atomic E-state index is 11.3. The van der Waals surface area contributed by atoms with Crippen molar-refractivity contribution < 1.29 is 4.79 Å². The molecule has 1 aliphatic rings. The van der Waals surface area contributed by atoms with Gasteiger partial charge in [0.2, 0.25) is 10.9 Å². The molecule has 4 rings (SSSR count). The van der Waals surface area contributed by atoms with Crippen LogP contribution < -0.4 is 5.32 Å². The normalized spacial score (nSPS) is 15.9. The molecule has 3 aromatic rings. The molecular formula is C17H14N6OS3. The molecule has 0 saturated carbocycles. The van der Waals surface area contributed by atoms with Gasteiger partial charge in [0.25, 0.3) is 0 Å². The van der Waals surface area contributed by atoms with Gasteiger partial charge >= 0.3 is 0 Å². The number of carbonyl (C=O) groups excluding carboxylic acids is 1. The van der Waals surface area contributed by atoms with Crippen molar-refractivity contribution in [2.75, 3.05) is 11.5 Å². The number of amidine groups is 1. The predicted molar refractivity (Wildman–Crippen MR) is 113 cm³/mol. The van der Waals surface area contributed by atoms with Gasteiger partial charge in [-0.15, -0.1) is 16.8 Å². The summed E-state index contributed by atoms with van der Waals surface area (Å²) in [5.41, 5.74) is 2.52. The summed E-state index contributed by atoms with van der Waals surface area (Å²) in [7, 11) is 0. The van der Waals surface area contributed by atoms with Crippen LogP contribution in [0.3, 0.4) is 0 Å². The molecule has 27 heavy (non-hydrogen) atoms. The zero-order chi connectivity index (χ0) is 18.6. The van der Waals surface area contributed by atoms with E-state index in [0.717, 1.165) is 32.0 Å². The Kier molecular flexibility index (Phi) is 5.37. The zero-order valence-corrected chi connectivity index (χ0v) is 16.5. The molecule has 1 amide bonds. The van der Waals surface area contributed by atoms with E-state index in [1.165, 1.54) is 23.1 Å². The third-order valence-electron chi connectivity index (χ3n) is 3.51. The summed E-state index contributed by atoms with van der Waals surface area (Å²) in [5, 5.41) is 16.0. The van der Waals surface area contributed by atoms with E-state index in [1.54, 1.807) is 22.5 Å². The minimum absolute atomic E-state index is 0.0611. The SMILES string of the molecule is C=CCSc1nn2c(/C=N/N=C3/NC(=O)CS3)c(-c3ccccc3)nc2s1. The summed E-state index contributed by atoms with van der Waals surface area (Å²) in [6.07, 6.45) is 3.47. The minimum Gasteiger partial charge on any atom is -0.303 e. The minimum atomic E-state index is -0.0611. The monoisotopic (exact) mass is 414 g/mol. The fourth-order valence-electron chi connectivity index (χ4n) is 2.37. The van der Waals surface area contributed by atoms with Crippen LogP contribution in [0.1, 0.15) is 5.69 Å². The van der Waals surface area contributed by atoms with Crippen molar-refractivity contribution in [1.82, 2.24) is 19.9 Å². The fourth-order valence-corrected chi connectivity index (χ4v) is 4.71. The molecule has 1 aromatic carbocycles. The molecule has 1 fully saturated rings. The lowest BCUT2D eigenvalue weighted by molar-refractivity contribution is -0.116. The predicted octanol–water partition coefficient (Wildman–Crippen LogP) is 3.29. The molecule has 0 radical (unpaired) electrons. The molecule has 1 N–H and O–H groups in total. The van der Waals surface area contributed by atoms with Crippen molar-refractivity contribution in [3.05, 3.63) is 48.7 Å². The lowest BCUT2D eigenvalue weighted by Crippen LogP contribution is -2.19. The topological polar surface area (TPSA) is 84.0 Å². The standard InChI is InChI=1S/C17H14N6OS3/c1-2-8-25-17-22-23-12(9-18-21-15-19-13(24)10-26-15)14(20-16(23)27-17)11-6-4-3-5-7-11/h2-7,9H,1,8,10H2,(H,19,21,24)/b18-9+. The Morgan fingerprint density at radius 3 is 2.96 bits per heavy atom. The third kappa shape index (κ3) is 3.97. The van der Waals surface area contributed by atoms with E-state index in [9.17, 15) is 4.79 Å². The first-order chi connectivity index (χ1) is 13.2. The summed E-state index contributed by atoms with van der Waals surface area (Å²) in [4.78, 5) is 16.8. The number of aromatic nitrogens is 3.